The van der Waals surface area contributed by atoms with Crippen molar-refractivity contribution in [3.05, 3.63) is 23.8 Å². The smallest absolute Gasteiger partial charge is 0.217 e. The highest BCUT2D eigenvalue weighted by molar-refractivity contribution is 5.89. The predicted molar refractivity (Wildman–Crippen MR) is 112 cm³/mol. The molecule has 0 radical (unpaired) electrons. The monoisotopic (exact) mass is 434 g/mol. The lowest BCUT2D eigenvalue weighted by Crippen LogP contribution is -2.59. The second-order valence-corrected chi connectivity index (χ2v) is 8.54. The number of nitrogens with one attached hydrogen (secondary N) is 1. The molecule has 2 heterocycles. The summed E-state index contributed by atoms with van der Waals surface area (Å²) in [6, 6.07) is 11.5. The van der Waals surface area contributed by atoms with E-state index in [9.17, 15) is 15.8 Å². The van der Waals surface area contributed by atoms with Crippen molar-refractivity contribution in [3.63, 3.8) is 0 Å². The standard InChI is InChI=1S/C24H26N4O4/c1-3-30-17-10-9-16(12-18(17)29-2)20-22(13-25,14-26)23(15-27)19-8-6-4-5-7-11-24(19,31-20)32-21(23)28/h9-10,12,19-20,28H,3-8,11H2,1-2H3. The molecular formula is C24H26N4O4. The summed E-state index contributed by atoms with van der Waals surface area (Å²) in [7, 11) is 1.51. The van der Waals surface area contributed by atoms with Gasteiger partial charge in [0.05, 0.1) is 37.8 Å². The molecule has 1 saturated carbocycles. The normalized spacial score (nSPS) is 32.7. The first-order valence-corrected chi connectivity index (χ1v) is 11.0. The van der Waals surface area contributed by atoms with Crippen LogP contribution in [0.5, 0.6) is 11.5 Å². The van der Waals surface area contributed by atoms with Crippen LogP contribution in [-0.2, 0) is 9.47 Å². The molecule has 3 fully saturated rings. The Morgan fingerprint density at radius 3 is 2.50 bits per heavy atom. The Hall–Kier alpha value is -3.28. The molecule has 2 bridgehead atoms. The Labute approximate surface area is 187 Å². The Morgan fingerprint density at radius 1 is 1.09 bits per heavy atom. The zero-order valence-corrected chi connectivity index (χ0v) is 18.3. The summed E-state index contributed by atoms with van der Waals surface area (Å²) in [5.74, 6) is -1.15. The van der Waals surface area contributed by atoms with Gasteiger partial charge in [-0.2, -0.15) is 15.8 Å². The number of benzene rings is 1. The van der Waals surface area contributed by atoms with E-state index >= 15 is 0 Å². The first-order chi connectivity index (χ1) is 15.5. The summed E-state index contributed by atoms with van der Waals surface area (Å²) in [5.41, 5.74) is -3.17. The SMILES string of the molecule is CCOc1ccc(C2OC34CCCCCCC3C(C#N)(C(=N)O4)C2(C#N)C#N)cc1OC. The number of hydrogen-bond donors (Lipinski definition) is 1. The van der Waals surface area contributed by atoms with E-state index < -0.39 is 28.6 Å². The van der Waals surface area contributed by atoms with E-state index in [2.05, 4.69) is 18.2 Å². The zero-order valence-electron chi connectivity index (χ0n) is 18.3. The second kappa shape index (κ2) is 8.01. The molecule has 4 atom stereocenters. The van der Waals surface area contributed by atoms with Gasteiger partial charge in [0.25, 0.3) is 0 Å². The third-order valence-electron chi connectivity index (χ3n) is 7.11. The van der Waals surface area contributed by atoms with Gasteiger partial charge in [-0.3, -0.25) is 5.41 Å². The molecular weight excluding hydrogens is 408 g/mol. The Morgan fingerprint density at radius 2 is 1.84 bits per heavy atom. The largest absolute Gasteiger partial charge is 0.493 e. The highest BCUT2D eigenvalue weighted by Crippen LogP contribution is 2.68. The lowest BCUT2D eigenvalue weighted by atomic mass is 9.52. The van der Waals surface area contributed by atoms with Crippen molar-refractivity contribution in [2.75, 3.05) is 13.7 Å². The molecule has 0 spiro atoms. The number of nitriles is 3. The lowest BCUT2D eigenvalue weighted by molar-refractivity contribution is -0.289. The fourth-order valence-electron chi connectivity index (χ4n) is 5.64. The first-order valence-electron chi connectivity index (χ1n) is 11.0. The van der Waals surface area contributed by atoms with Crippen LogP contribution in [0.15, 0.2) is 18.2 Å². The Bertz CT molecular complexity index is 1040. The van der Waals surface area contributed by atoms with Crippen LogP contribution in [0.1, 0.15) is 57.1 Å². The average molecular weight is 434 g/mol. The molecule has 0 aromatic heterocycles. The molecule has 32 heavy (non-hydrogen) atoms. The molecule has 8 heteroatoms. The van der Waals surface area contributed by atoms with Crippen molar-refractivity contribution in [1.29, 1.82) is 21.2 Å². The molecule has 2 saturated heterocycles. The summed E-state index contributed by atoms with van der Waals surface area (Å²) in [5, 5.41) is 39.9. The van der Waals surface area contributed by atoms with Crippen LogP contribution in [0.2, 0.25) is 0 Å². The van der Waals surface area contributed by atoms with Gasteiger partial charge in [0.1, 0.15) is 6.10 Å². The van der Waals surface area contributed by atoms with Gasteiger partial charge in [-0.25, -0.2) is 0 Å². The van der Waals surface area contributed by atoms with Crippen molar-refractivity contribution in [2.24, 2.45) is 16.7 Å². The lowest BCUT2D eigenvalue weighted by Gasteiger charge is -2.50. The topological polar surface area (TPSA) is 132 Å². The Balaban J connectivity index is 1.93. The minimum absolute atomic E-state index is 0.338. The maximum absolute atomic E-state index is 10.4. The number of hydrogen-bond acceptors (Lipinski definition) is 8. The van der Waals surface area contributed by atoms with Gasteiger partial charge >= 0.3 is 0 Å². The fraction of sp³-hybridized carbons (Fsp3) is 0.583. The number of ether oxygens (including phenoxy) is 4. The van der Waals surface area contributed by atoms with E-state index in [1.165, 1.54) is 7.11 Å². The third kappa shape index (κ3) is 2.71. The fourth-order valence-corrected chi connectivity index (χ4v) is 5.64. The molecule has 4 unspecified atom stereocenters. The molecule has 3 aliphatic rings. The van der Waals surface area contributed by atoms with Gasteiger partial charge < -0.3 is 18.9 Å². The highest BCUT2D eigenvalue weighted by Gasteiger charge is 2.80. The van der Waals surface area contributed by atoms with Gasteiger partial charge in [-0.15, -0.1) is 0 Å². The molecule has 166 valence electrons. The average Bonchev–Trinajstić information content (AvgIpc) is 2.96. The van der Waals surface area contributed by atoms with E-state index in [1.807, 2.05) is 6.92 Å². The summed E-state index contributed by atoms with van der Waals surface area (Å²) in [6.07, 6.45) is 3.59. The van der Waals surface area contributed by atoms with Crippen molar-refractivity contribution < 1.29 is 18.9 Å². The number of methoxy groups -OCH3 is 1. The summed E-state index contributed by atoms with van der Waals surface area (Å²) < 4.78 is 23.6. The van der Waals surface area contributed by atoms with Crippen LogP contribution >= 0.6 is 0 Å². The van der Waals surface area contributed by atoms with Crippen molar-refractivity contribution in [2.45, 2.75) is 57.3 Å². The van der Waals surface area contributed by atoms with Gasteiger partial charge in [-0.05, 0) is 37.5 Å². The van der Waals surface area contributed by atoms with E-state index in [4.69, 9.17) is 24.4 Å². The van der Waals surface area contributed by atoms with Gasteiger partial charge in [-0.1, -0.05) is 25.3 Å². The third-order valence-corrected chi connectivity index (χ3v) is 7.11. The number of nitrogens with zero attached hydrogens (tertiary/aromatic N) is 3. The summed E-state index contributed by atoms with van der Waals surface area (Å²) >= 11 is 0. The van der Waals surface area contributed by atoms with E-state index in [0.29, 0.717) is 36.5 Å². The van der Waals surface area contributed by atoms with Crippen LogP contribution < -0.4 is 9.47 Å². The maximum atomic E-state index is 10.4. The van der Waals surface area contributed by atoms with E-state index in [0.717, 1.165) is 25.7 Å². The zero-order chi connectivity index (χ0) is 23.0. The number of rotatable bonds is 4. The molecule has 1 aliphatic carbocycles. The van der Waals surface area contributed by atoms with Crippen LogP contribution in [0.3, 0.4) is 0 Å². The Kier molecular flexibility index (Phi) is 5.49. The van der Waals surface area contributed by atoms with Crippen molar-refractivity contribution >= 4 is 5.90 Å². The minimum atomic E-state index is -1.96. The first kappa shape index (κ1) is 21.9. The highest BCUT2D eigenvalue weighted by atomic mass is 16.7. The predicted octanol–water partition coefficient (Wildman–Crippen LogP) is 4.38. The summed E-state index contributed by atoms with van der Waals surface area (Å²) in [4.78, 5) is 0. The maximum Gasteiger partial charge on any atom is 0.217 e. The van der Waals surface area contributed by atoms with Gasteiger partial charge in [0.15, 0.2) is 16.9 Å². The molecule has 1 aromatic carbocycles. The molecule has 4 rings (SSSR count). The molecule has 8 nitrogen and oxygen atoms in total. The molecule has 1 N–H and O–H groups in total. The van der Waals surface area contributed by atoms with Crippen LogP contribution in [-0.4, -0.2) is 25.4 Å². The van der Waals surface area contributed by atoms with Crippen LogP contribution in [0.4, 0.5) is 0 Å². The minimum Gasteiger partial charge on any atom is -0.493 e. The van der Waals surface area contributed by atoms with E-state index in [1.54, 1.807) is 18.2 Å². The van der Waals surface area contributed by atoms with Crippen LogP contribution in [0, 0.1) is 56.2 Å². The second-order valence-electron chi connectivity index (χ2n) is 8.54. The molecule has 0 amide bonds. The van der Waals surface area contributed by atoms with Crippen molar-refractivity contribution in [3.8, 4) is 29.7 Å². The van der Waals surface area contributed by atoms with Gasteiger partial charge in [0, 0.05) is 6.42 Å². The van der Waals surface area contributed by atoms with Crippen molar-refractivity contribution in [1.82, 2.24) is 0 Å². The summed E-state index contributed by atoms with van der Waals surface area (Å²) in [6.45, 7) is 2.31. The molecule has 2 aliphatic heterocycles. The van der Waals surface area contributed by atoms with E-state index in [-0.39, 0.29) is 5.90 Å². The molecule has 1 aromatic rings. The van der Waals surface area contributed by atoms with Gasteiger partial charge in [0.2, 0.25) is 17.1 Å². The quantitative estimate of drug-likeness (QED) is 0.743. The van der Waals surface area contributed by atoms with Crippen LogP contribution in [0.25, 0.3) is 0 Å².